The number of carbonyl (C=O) groups excluding carboxylic acids is 1. The van der Waals surface area contributed by atoms with Crippen LogP contribution in [0.4, 0.5) is 0 Å². The van der Waals surface area contributed by atoms with Crippen LogP contribution in [0.25, 0.3) is 0 Å². The Morgan fingerprint density at radius 2 is 2.06 bits per heavy atom. The highest BCUT2D eigenvalue weighted by molar-refractivity contribution is 5.79. The normalized spacial score (nSPS) is 22.3. The number of ether oxygens (including phenoxy) is 1. The molecule has 17 heavy (non-hydrogen) atoms. The maximum absolute atomic E-state index is 11.0. The molecule has 0 heterocycles. The molecule has 1 saturated carbocycles. The molecule has 0 radical (unpaired) electrons. The maximum atomic E-state index is 11.0. The van der Waals surface area contributed by atoms with Crippen LogP contribution in [0, 0.1) is 5.41 Å². The lowest BCUT2D eigenvalue weighted by atomic mass is 9.76. The number of hydrogen-bond donors (Lipinski definition) is 2. The van der Waals surface area contributed by atoms with E-state index in [4.69, 9.17) is 10.5 Å². The number of nitrogens with two attached hydrogens (primary N) is 1. The molecule has 1 atom stereocenters. The van der Waals surface area contributed by atoms with Crippen molar-refractivity contribution in [2.24, 2.45) is 11.1 Å². The molecule has 1 rings (SSSR count). The smallest absolute Gasteiger partial charge is 0.234 e. The minimum Gasteiger partial charge on any atom is -0.378 e. The Hall–Kier alpha value is -0.610. The number of likely N-dealkylation sites (N-methyl/N-ethyl adjacent to an activating group) is 1. The third kappa shape index (κ3) is 5.04. The highest BCUT2D eigenvalue weighted by Gasteiger charge is 2.27. The lowest BCUT2D eigenvalue weighted by molar-refractivity contribution is -0.120. The van der Waals surface area contributed by atoms with Gasteiger partial charge in [0.15, 0.2) is 0 Å². The van der Waals surface area contributed by atoms with Gasteiger partial charge < -0.3 is 15.8 Å². The van der Waals surface area contributed by atoms with Crippen molar-refractivity contribution in [1.82, 2.24) is 5.32 Å². The van der Waals surface area contributed by atoms with Gasteiger partial charge in [-0.05, 0) is 44.6 Å². The van der Waals surface area contributed by atoms with Gasteiger partial charge in [0.2, 0.25) is 5.91 Å². The van der Waals surface area contributed by atoms with Gasteiger partial charge in [-0.2, -0.15) is 0 Å². The second-order valence-corrected chi connectivity index (χ2v) is 5.77. The Bertz CT molecular complexity index is 244. The van der Waals surface area contributed by atoms with E-state index < -0.39 is 0 Å². The van der Waals surface area contributed by atoms with Gasteiger partial charge in [-0.15, -0.1) is 0 Å². The summed E-state index contributed by atoms with van der Waals surface area (Å²) in [6, 6.07) is -0.268. The average molecular weight is 242 g/mol. The Morgan fingerprint density at radius 3 is 2.53 bits per heavy atom. The zero-order valence-corrected chi connectivity index (χ0v) is 11.3. The second-order valence-electron chi connectivity index (χ2n) is 5.77. The fourth-order valence-corrected chi connectivity index (χ4v) is 2.32. The molecule has 1 fully saturated rings. The van der Waals surface area contributed by atoms with Gasteiger partial charge in [-0.3, -0.25) is 4.79 Å². The highest BCUT2D eigenvalue weighted by Crippen LogP contribution is 2.36. The van der Waals surface area contributed by atoms with Crippen molar-refractivity contribution >= 4 is 5.91 Å². The van der Waals surface area contributed by atoms with E-state index in [1.165, 1.54) is 12.8 Å². The van der Waals surface area contributed by atoms with E-state index in [1.54, 1.807) is 7.05 Å². The van der Waals surface area contributed by atoms with Gasteiger partial charge in [0.1, 0.15) is 0 Å². The molecule has 1 aliphatic rings. The summed E-state index contributed by atoms with van der Waals surface area (Å²) in [5.41, 5.74) is 5.72. The number of nitrogens with one attached hydrogen (secondary N) is 1. The van der Waals surface area contributed by atoms with Gasteiger partial charge in [0.05, 0.1) is 12.1 Å². The maximum Gasteiger partial charge on any atom is 0.234 e. The predicted octanol–water partition coefficient (Wildman–Crippen LogP) is 1.44. The molecule has 1 aliphatic carbocycles. The lowest BCUT2D eigenvalue weighted by Crippen LogP contribution is -2.40. The molecule has 4 nitrogen and oxygen atoms in total. The molecule has 0 saturated heterocycles. The molecule has 100 valence electrons. The van der Waals surface area contributed by atoms with E-state index >= 15 is 0 Å². The standard InChI is InChI=1S/C13H26N2O2/c1-13(2)7-4-10(5-8-13)17-9-6-11(15-3)12(14)16/h10-11,15H,4-9H2,1-3H3,(H2,14,16). The van der Waals surface area contributed by atoms with Crippen molar-refractivity contribution in [3.05, 3.63) is 0 Å². The Kier molecular flexibility index (Phi) is 5.40. The summed E-state index contributed by atoms with van der Waals surface area (Å²) in [4.78, 5) is 11.0. The van der Waals surface area contributed by atoms with Crippen LogP contribution in [0.5, 0.6) is 0 Å². The van der Waals surface area contributed by atoms with E-state index in [1.807, 2.05) is 0 Å². The number of hydrogen-bond acceptors (Lipinski definition) is 3. The van der Waals surface area contributed by atoms with Crippen molar-refractivity contribution < 1.29 is 9.53 Å². The first-order valence-corrected chi connectivity index (χ1v) is 6.53. The Balaban J connectivity index is 2.17. The van der Waals surface area contributed by atoms with Crippen molar-refractivity contribution in [2.45, 2.75) is 58.1 Å². The zero-order valence-electron chi connectivity index (χ0n) is 11.3. The number of primary amides is 1. The van der Waals surface area contributed by atoms with Gasteiger partial charge in [0, 0.05) is 6.61 Å². The minimum absolute atomic E-state index is 0.268. The quantitative estimate of drug-likeness (QED) is 0.740. The first-order chi connectivity index (χ1) is 7.94. The van der Waals surface area contributed by atoms with E-state index in [-0.39, 0.29) is 11.9 Å². The van der Waals surface area contributed by atoms with E-state index in [2.05, 4.69) is 19.2 Å². The van der Waals surface area contributed by atoms with Gasteiger partial charge in [-0.25, -0.2) is 0 Å². The largest absolute Gasteiger partial charge is 0.378 e. The molecular weight excluding hydrogens is 216 g/mol. The topological polar surface area (TPSA) is 64.3 Å². The summed E-state index contributed by atoms with van der Waals surface area (Å²) < 4.78 is 5.81. The summed E-state index contributed by atoms with van der Waals surface area (Å²) in [5, 5.41) is 2.90. The van der Waals surface area contributed by atoms with E-state index in [9.17, 15) is 4.79 Å². The third-order valence-corrected chi connectivity index (χ3v) is 3.74. The van der Waals surface area contributed by atoms with Crippen molar-refractivity contribution in [3.63, 3.8) is 0 Å². The lowest BCUT2D eigenvalue weighted by Gasteiger charge is -2.34. The van der Waals surface area contributed by atoms with Gasteiger partial charge in [0.25, 0.3) is 0 Å². The summed E-state index contributed by atoms with van der Waals surface area (Å²) in [6.45, 7) is 5.24. The third-order valence-electron chi connectivity index (χ3n) is 3.74. The average Bonchev–Trinajstić information content (AvgIpc) is 2.26. The summed E-state index contributed by atoms with van der Waals surface area (Å²) in [6.07, 6.45) is 5.74. The van der Waals surface area contributed by atoms with Crippen LogP contribution >= 0.6 is 0 Å². The summed E-state index contributed by atoms with van der Waals surface area (Å²) in [5.74, 6) is -0.305. The van der Waals surface area contributed by atoms with Gasteiger partial charge in [-0.1, -0.05) is 13.8 Å². The van der Waals surface area contributed by atoms with Crippen LogP contribution in [0.1, 0.15) is 46.0 Å². The Morgan fingerprint density at radius 1 is 1.47 bits per heavy atom. The molecule has 0 aliphatic heterocycles. The molecule has 0 aromatic rings. The molecule has 1 amide bonds. The molecular formula is C13H26N2O2. The van der Waals surface area contributed by atoms with E-state index in [0.717, 1.165) is 12.8 Å². The van der Waals surface area contributed by atoms with Crippen LogP contribution in [0.3, 0.4) is 0 Å². The first kappa shape index (κ1) is 14.5. The monoisotopic (exact) mass is 242 g/mol. The van der Waals surface area contributed by atoms with Crippen molar-refractivity contribution in [3.8, 4) is 0 Å². The zero-order chi connectivity index (χ0) is 12.9. The van der Waals surface area contributed by atoms with Crippen LogP contribution in [-0.4, -0.2) is 31.7 Å². The fraction of sp³-hybridized carbons (Fsp3) is 0.923. The van der Waals surface area contributed by atoms with Crippen LogP contribution in [0.2, 0.25) is 0 Å². The molecule has 0 spiro atoms. The molecule has 0 bridgehead atoms. The Labute approximate surface area is 104 Å². The molecule has 4 heteroatoms. The molecule has 3 N–H and O–H groups in total. The predicted molar refractivity (Wildman–Crippen MR) is 68.6 cm³/mol. The number of amides is 1. The van der Waals surface area contributed by atoms with Crippen molar-refractivity contribution in [1.29, 1.82) is 0 Å². The van der Waals surface area contributed by atoms with Gasteiger partial charge >= 0.3 is 0 Å². The second kappa shape index (κ2) is 6.36. The molecule has 0 aromatic heterocycles. The molecule has 0 aromatic carbocycles. The van der Waals surface area contributed by atoms with Crippen molar-refractivity contribution in [2.75, 3.05) is 13.7 Å². The van der Waals surface area contributed by atoms with Crippen LogP contribution in [0.15, 0.2) is 0 Å². The summed E-state index contributed by atoms with van der Waals surface area (Å²) >= 11 is 0. The fourth-order valence-electron chi connectivity index (χ4n) is 2.32. The highest BCUT2D eigenvalue weighted by atomic mass is 16.5. The number of rotatable bonds is 6. The first-order valence-electron chi connectivity index (χ1n) is 6.53. The van der Waals surface area contributed by atoms with E-state index in [0.29, 0.717) is 24.5 Å². The summed E-state index contributed by atoms with van der Waals surface area (Å²) in [7, 11) is 1.75. The minimum atomic E-state index is -0.305. The molecule has 1 unspecified atom stereocenters. The number of carbonyl (C=O) groups is 1. The van der Waals surface area contributed by atoms with Crippen LogP contribution < -0.4 is 11.1 Å². The van der Waals surface area contributed by atoms with Crippen LogP contribution in [-0.2, 0) is 9.53 Å². The SMILES string of the molecule is CNC(CCOC1CCC(C)(C)CC1)C(N)=O.